The number of carbonyl (C=O) groups is 1. The van der Waals surface area contributed by atoms with Crippen LogP contribution in [0.2, 0.25) is 0 Å². The molecule has 0 bridgehead atoms. The van der Waals surface area contributed by atoms with E-state index in [-0.39, 0.29) is 24.8 Å². The summed E-state index contributed by atoms with van der Waals surface area (Å²) in [5.74, 6) is -0.149. The number of halogens is 1. The number of amides is 2. The predicted molar refractivity (Wildman–Crippen MR) is 63.1 cm³/mol. The Kier molecular flexibility index (Phi) is 3.76. The molecule has 0 aliphatic carbocycles. The Morgan fingerprint density at radius 3 is 2.83 bits per heavy atom. The normalized spacial score (nSPS) is 37.6. The summed E-state index contributed by atoms with van der Waals surface area (Å²) >= 11 is 5.74. The second-order valence-corrected chi connectivity index (χ2v) is 4.95. The van der Waals surface area contributed by atoms with Crippen molar-refractivity contribution in [2.75, 3.05) is 13.2 Å². The van der Waals surface area contributed by atoms with Gasteiger partial charge in [0.15, 0.2) is 0 Å². The van der Waals surface area contributed by atoms with Crippen LogP contribution in [0.5, 0.6) is 0 Å². The number of nitrogens with one attached hydrogen (secondary N) is 1. The number of hydrogen-bond donors (Lipinski definition) is 3. The maximum absolute atomic E-state index is 11.9. The molecule has 0 saturated carbocycles. The van der Waals surface area contributed by atoms with Crippen molar-refractivity contribution < 1.29 is 19.7 Å². The lowest BCUT2D eigenvalue weighted by Gasteiger charge is -2.38. The number of hydrogen-bond acceptors (Lipinski definition) is 5. The smallest absolute Gasteiger partial charge is 0.342 e. The molecule has 1 unspecified atom stereocenters. The van der Waals surface area contributed by atoms with Crippen LogP contribution in [-0.2, 0) is 4.74 Å². The summed E-state index contributed by atoms with van der Waals surface area (Å²) in [7, 11) is 0. The van der Waals surface area contributed by atoms with E-state index in [1.54, 1.807) is 6.92 Å². The van der Waals surface area contributed by atoms with Crippen molar-refractivity contribution in [2.24, 2.45) is 5.92 Å². The number of rotatable bonds is 2. The van der Waals surface area contributed by atoms with E-state index in [2.05, 4.69) is 0 Å². The largest absolute Gasteiger partial charge is 0.394 e. The van der Waals surface area contributed by atoms with Gasteiger partial charge in [-0.2, -0.15) is 4.42 Å². The minimum atomic E-state index is -0.798. The molecule has 8 heteroatoms. The van der Waals surface area contributed by atoms with Crippen LogP contribution in [0.25, 0.3) is 0 Å². The molecule has 2 rings (SSSR count). The van der Waals surface area contributed by atoms with Crippen molar-refractivity contribution in [2.45, 2.75) is 31.8 Å². The zero-order valence-electron chi connectivity index (χ0n) is 9.91. The van der Waals surface area contributed by atoms with Crippen molar-refractivity contribution >= 4 is 23.6 Å². The molecule has 0 aromatic rings. The van der Waals surface area contributed by atoms with Crippen molar-refractivity contribution in [3.05, 3.63) is 0 Å². The van der Waals surface area contributed by atoms with Gasteiger partial charge in [0.2, 0.25) is 0 Å². The van der Waals surface area contributed by atoms with E-state index in [1.165, 1.54) is 4.90 Å². The summed E-state index contributed by atoms with van der Waals surface area (Å²) in [6.07, 6.45) is -1.85. The molecule has 0 spiro atoms. The molecule has 3 N–H and O–H groups in total. The average Bonchev–Trinajstić information content (AvgIpc) is 2.72. The van der Waals surface area contributed by atoms with Crippen LogP contribution in [0.3, 0.4) is 0 Å². The first-order chi connectivity index (χ1) is 8.45. The Morgan fingerprint density at radius 1 is 1.61 bits per heavy atom. The van der Waals surface area contributed by atoms with E-state index in [4.69, 9.17) is 27.0 Å². The quantitative estimate of drug-likeness (QED) is 0.617. The third kappa shape index (κ3) is 2.18. The maximum atomic E-state index is 11.9. The highest BCUT2D eigenvalue weighted by Crippen LogP contribution is 2.28. The highest BCUT2D eigenvalue weighted by atomic mass is 35.5. The molecular weight excluding hydrogens is 262 g/mol. The standard InChI is InChI=1S/C10H16ClN3O4/c1-5-3-13(10(17)14(11)9(5)12)8-2-6(16)7(4-15)18-8/h5-8,12,15-16H,2-4H2,1H3/t5?,6-,7+,8+/m0/s1. The van der Waals surface area contributed by atoms with Gasteiger partial charge in [0.25, 0.3) is 0 Å². The minimum Gasteiger partial charge on any atom is -0.394 e. The van der Waals surface area contributed by atoms with Gasteiger partial charge in [-0.15, -0.1) is 0 Å². The zero-order chi connectivity index (χ0) is 13.4. The number of carbonyl (C=O) groups excluding carboxylic acids is 1. The van der Waals surface area contributed by atoms with E-state index >= 15 is 0 Å². The zero-order valence-corrected chi connectivity index (χ0v) is 10.7. The Hall–Kier alpha value is -0.890. The summed E-state index contributed by atoms with van der Waals surface area (Å²) < 4.78 is 6.17. The third-order valence-electron chi connectivity index (χ3n) is 3.29. The first-order valence-corrected chi connectivity index (χ1v) is 6.08. The van der Waals surface area contributed by atoms with Gasteiger partial charge in [-0.1, -0.05) is 6.92 Å². The molecule has 2 aliphatic heterocycles. The van der Waals surface area contributed by atoms with E-state index in [9.17, 15) is 9.90 Å². The number of urea groups is 1. The number of ether oxygens (including phenoxy) is 1. The second-order valence-electron chi connectivity index (χ2n) is 4.62. The maximum Gasteiger partial charge on any atom is 0.342 e. The monoisotopic (exact) mass is 277 g/mol. The predicted octanol–water partition coefficient (Wildman–Crippen LogP) is -0.0406. The fraction of sp³-hybridized carbons (Fsp3) is 0.800. The molecule has 0 aromatic heterocycles. The van der Waals surface area contributed by atoms with E-state index < -0.39 is 24.5 Å². The van der Waals surface area contributed by atoms with Crippen LogP contribution in [0.15, 0.2) is 0 Å². The summed E-state index contributed by atoms with van der Waals surface area (Å²) in [6, 6.07) is -0.532. The lowest BCUT2D eigenvalue weighted by atomic mass is 10.1. The first-order valence-electron chi connectivity index (χ1n) is 5.75. The van der Waals surface area contributed by atoms with E-state index in [0.717, 1.165) is 4.42 Å². The fourth-order valence-electron chi connectivity index (χ4n) is 2.18. The van der Waals surface area contributed by atoms with Crippen LogP contribution < -0.4 is 0 Å². The number of nitrogens with zero attached hydrogens (tertiary/aromatic N) is 2. The Labute approximate surface area is 109 Å². The van der Waals surface area contributed by atoms with Gasteiger partial charge in [0.1, 0.15) is 18.2 Å². The van der Waals surface area contributed by atoms with Crippen LogP contribution in [-0.4, -0.2) is 63.0 Å². The molecule has 102 valence electrons. The summed E-state index contributed by atoms with van der Waals surface area (Å²) in [5, 5.41) is 26.3. The van der Waals surface area contributed by atoms with Crippen LogP contribution in [0.4, 0.5) is 4.79 Å². The molecule has 2 aliphatic rings. The molecule has 7 nitrogen and oxygen atoms in total. The average molecular weight is 278 g/mol. The molecule has 18 heavy (non-hydrogen) atoms. The molecule has 2 heterocycles. The molecule has 4 atom stereocenters. The summed E-state index contributed by atoms with van der Waals surface area (Å²) in [5.41, 5.74) is 0. The lowest BCUT2D eigenvalue weighted by molar-refractivity contribution is -0.0682. The van der Waals surface area contributed by atoms with Gasteiger partial charge < -0.3 is 14.9 Å². The van der Waals surface area contributed by atoms with Crippen molar-refractivity contribution in [3.8, 4) is 0 Å². The van der Waals surface area contributed by atoms with Gasteiger partial charge >= 0.3 is 6.03 Å². The molecular formula is C10H16ClN3O4. The van der Waals surface area contributed by atoms with Gasteiger partial charge in [-0.3, -0.25) is 10.3 Å². The van der Waals surface area contributed by atoms with E-state index in [0.29, 0.717) is 6.54 Å². The molecule has 0 aromatic carbocycles. The molecule has 2 amide bonds. The highest BCUT2D eigenvalue weighted by molar-refractivity contribution is 6.31. The van der Waals surface area contributed by atoms with Crippen molar-refractivity contribution in [3.63, 3.8) is 0 Å². The van der Waals surface area contributed by atoms with Gasteiger partial charge in [0.05, 0.1) is 12.7 Å². The summed E-state index contributed by atoms with van der Waals surface area (Å²) in [6.45, 7) is 1.80. The highest BCUT2D eigenvalue weighted by Gasteiger charge is 2.43. The summed E-state index contributed by atoms with van der Waals surface area (Å²) in [4.78, 5) is 13.3. The third-order valence-corrected chi connectivity index (χ3v) is 3.62. The first kappa shape index (κ1) is 13.5. The van der Waals surface area contributed by atoms with Gasteiger partial charge in [-0.05, 0) is 0 Å². The van der Waals surface area contributed by atoms with Crippen molar-refractivity contribution in [1.82, 2.24) is 9.32 Å². The number of amidine groups is 1. The van der Waals surface area contributed by atoms with Crippen LogP contribution in [0, 0.1) is 11.3 Å². The molecule has 0 radical (unpaired) electrons. The second kappa shape index (κ2) is 5.00. The van der Waals surface area contributed by atoms with Gasteiger partial charge in [-0.25, -0.2) is 4.79 Å². The topological polar surface area (TPSA) is 97.1 Å². The van der Waals surface area contributed by atoms with Crippen LogP contribution >= 0.6 is 11.8 Å². The Morgan fingerprint density at radius 2 is 2.28 bits per heavy atom. The minimum absolute atomic E-state index is 0.0511. The fourth-order valence-corrected chi connectivity index (χ4v) is 2.45. The van der Waals surface area contributed by atoms with Crippen molar-refractivity contribution in [1.29, 1.82) is 5.41 Å². The Balaban J connectivity index is 2.10. The van der Waals surface area contributed by atoms with E-state index in [1.807, 2.05) is 0 Å². The number of aliphatic hydroxyl groups excluding tert-OH is 2. The van der Waals surface area contributed by atoms with Crippen LogP contribution in [0.1, 0.15) is 13.3 Å². The number of aliphatic hydroxyl groups is 2. The lowest BCUT2D eigenvalue weighted by Crippen LogP contribution is -2.55. The SMILES string of the molecule is CC1CN([C@H]2C[C@H](O)[C@@H](CO)O2)C(=O)N(Cl)C1=N. The Bertz CT molecular complexity index is 367. The molecule has 2 fully saturated rings. The van der Waals surface area contributed by atoms with Gasteiger partial charge in [0, 0.05) is 30.7 Å². The molecule has 2 saturated heterocycles.